The van der Waals surface area contributed by atoms with Gasteiger partial charge in [0.25, 0.3) is 0 Å². The minimum atomic E-state index is -2.86. The summed E-state index contributed by atoms with van der Waals surface area (Å²) in [6, 6.07) is 5.00. The monoisotopic (exact) mass is 301 g/mol. The van der Waals surface area contributed by atoms with Crippen LogP contribution in [0.5, 0.6) is 11.5 Å². The number of piperidine rings is 1. The van der Waals surface area contributed by atoms with Gasteiger partial charge in [-0.15, -0.1) is 0 Å². The maximum atomic E-state index is 12.3. The molecule has 0 bridgehead atoms. The van der Waals surface area contributed by atoms with E-state index in [1.165, 1.54) is 13.2 Å². The van der Waals surface area contributed by atoms with Crippen LogP contribution in [-0.2, 0) is 6.54 Å². The molecule has 6 heteroatoms. The normalized spacial score (nSPS) is 19.8. The molecular weight excluding hydrogens is 280 g/mol. The van der Waals surface area contributed by atoms with Gasteiger partial charge in [0, 0.05) is 19.7 Å². The lowest BCUT2D eigenvalue weighted by Crippen LogP contribution is -2.36. The molecular formula is C15H21F2NO3. The maximum Gasteiger partial charge on any atom is 0.387 e. The van der Waals surface area contributed by atoms with E-state index in [4.69, 9.17) is 4.74 Å². The van der Waals surface area contributed by atoms with Crippen molar-refractivity contribution in [2.45, 2.75) is 26.0 Å². The molecule has 2 rings (SSSR count). The van der Waals surface area contributed by atoms with Crippen molar-refractivity contribution in [1.82, 2.24) is 4.90 Å². The van der Waals surface area contributed by atoms with E-state index in [1.54, 1.807) is 12.1 Å². The lowest BCUT2D eigenvalue weighted by atomic mass is 9.98. The number of aliphatic hydroxyl groups is 1. The number of methoxy groups -OCH3 is 1. The van der Waals surface area contributed by atoms with Gasteiger partial charge in [-0.3, -0.25) is 4.90 Å². The predicted octanol–water partition coefficient (Wildman–Crippen LogP) is 2.50. The molecule has 0 aromatic heterocycles. The lowest BCUT2D eigenvalue weighted by Gasteiger charge is -2.31. The summed E-state index contributed by atoms with van der Waals surface area (Å²) in [5.41, 5.74) is 0.979. The summed E-state index contributed by atoms with van der Waals surface area (Å²) in [5, 5.41) is 9.24. The molecule has 118 valence electrons. The third-order valence-electron chi connectivity index (χ3n) is 3.71. The van der Waals surface area contributed by atoms with E-state index < -0.39 is 6.61 Å². The molecule has 0 amide bonds. The first-order valence-corrected chi connectivity index (χ1v) is 7.07. The number of alkyl halides is 2. The Kier molecular flexibility index (Phi) is 5.76. The Morgan fingerprint density at radius 1 is 1.38 bits per heavy atom. The second-order valence-corrected chi connectivity index (χ2v) is 5.29. The van der Waals surface area contributed by atoms with E-state index in [0.717, 1.165) is 31.5 Å². The molecule has 1 atom stereocenters. The zero-order valence-electron chi connectivity index (χ0n) is 12.1. The van der Waals surface area contributed by atoms with Gasteiger partial charge in [0.15, 0.2) is 11.5 Å². The van der Waals surface area contributed by atoms with E-state index in [9.17, 15) is 13.9 Å². The highest BCUT2D eigenvalue weighted by atomic mass is 19.3. The van der Waals surface area contributed by atoms with Crippen LogP contribution in [0.25, 0.3) is 0 Å². The molecule has 21 heavy (non-hydrogen) atoms. The first-order valence-electron chi connectivity index (χ1n) is 7.07. The average Bonchev–Trinajstić information content (AvgIpc) is 2.48. The zero-order valence-corrected chi connectivity index (χ0v) is 12.1. The van der Waals surface area contributed by atoms with Gasteiger partial charge in [0.2, 0.25) is 0 Å². The molecule has 0 saturated carbocycles. The Labute approximate surface area is 123 Å². The smallest absolute Gasteiger partial charge is 0.387 e. The fourth-order valence-electron chi connectivity index (χ4n) is 2.71. The maximum absolute atomic E-state index is 12.3. The van der Waals surface area contributed by atoms with Crippen molar-refractivity contribution in [3.05, 3.63) is 23.8 Å². The Morgan fingerprint density at radius 3 is 2.86 bits per heavy atom. The summed E-state index contributed by atoms with van der Waals surface area (Å²) in [7, 11) is 1.43. The first kappa shape index (κ1) is 16.0. The van der Waals surface area contributed by atoms with Crippen LogP contribution in [0.2, 0.25) is 0 Å². The molecule has 1 fully saturated rings. The number of hydrogen-bond acceptors (Lipinski definition) is 4. The summed E-state index contributed by atoms with van der Waals surface area (Å²) in [5.74, 6) is 0.675. The quantitative estimate of drug-likeness (QED) is 0.876. The number of ether oxygens (including phenoxy) is 2. The van der Waals surface area contributed by atoms with E-state index in [1.807, 2.05) is 0 Å². The largest absolute Gasteiger partial charge is 0.493 e. The highest BCUT2D eigenvalue weighted by Crippen LogP contribution is 2.30. The number of halogens is 2. The number of nitrogens with zero attached hydrogens (tertiary/aromatic N) is 1. The minimum Gasteiger partial charge on any atom is -0.493 e. The van der Waals surface area contributed by atoms with Crippen molar-refractivity contribution < 1.29 is 23.4 Å². The van der Waals surface area contributed by atoms with Crippen LogP contribution in [0.3, 0.4) is 0 Å². The molecule has 0 aliphatic carbocycles. The zero-order chi connectivity index (χ0) is 15.2. The third-order valence-corrected chi connectivity index (χ3v) is 3.71. The molecule has 1 N–H and O–H groups in total. The average molecular weight is 301 g/mol. The van der Waals surface area contributed by atoms with E-state index in [2.05, 4.69) is 9.64 Å². The van der Waals surface area contributed by atoms with Gasteiger partial charge in [0.05, 0.1) is 7.11 Å². The van der Waals surface area contributed by atoms with Crippen LogP contribution in [0, 0.1) is 5.92 Å². The van der Waals surface area contributed by atoms with Crippen molar-refractivity contribution in [2.24, 2.45) is 5.92 Å². The molecule has 1 saturated heterocycles. The van der Waals surface area contributed by atoms with Crippen molar-refractivity contribution in [2.75, 3.05) is 26.8 Å². The van der Waals surface area contributed by atoms with Gasteiger partial charge in [-0.2, -0.15) is 8.78 Å². The number of aliphatic hydroxyl groups excluding tert-OH is 1. The Morgan fingerprint density at radius 2 is 2.19 bits per heavy atom. The fraction of sp³-hybridized carbons (Fsp3) is 0.600. The Hall–Kier alpha value is -1.40. The van der Waals surface area contributed by atoms with Crippen molar-refractivity contribution in [3.8, 4) is 11.5 Å². The van der Waals surface area contributed by atoms with Crippen LogP contribution in [0.1, 0.15) is 18.4 Å². The van der Waals surface area contributed by atoms with E-state index >= 15 is 0 Å². The van der Waals surface area contributed by atoms with Crippen molar-refractivity contribution in [1.29, 1.82) is 0 Å². The fourth-order valence-corrected chi connectivity index (χ4v) is 2.71. The third kappa shape index (κ3) is 4.54. The number of rotatable bonds is 6. The molecule has 0 radical (unpaired) electrons. The molecule has 1 unspecified atom stereocenters. The van der Waals surface area contributed by atoms with Crippen LogP contribution in [0.15, 0.2) is 18.2 Å². The van der Waals surface area contributed by atoms with Gasteiger partial charge in [-0.05, 0) is 43.0 Å². The molecule has 1 aliphatic rings. The first-order chi connectivity index (χ1) is 10.1. The SMILES string of the molecule is COc1cc(CN2CCCC(CO)C2)ccc1OC(F)F. The van der Waals surface area contributed by atoms with Crippen molar-refractivity contribution in [3.63, 3.8) is 0 Å². The number of hydrogen-bond donors (Lipinski definition) is 1. The summed E-state index contributed by atoms with van der Waals surface area (Å²) in [6.07, 6.45) is 2.12. The summed E-state index contributed by atoms with van der Waals surface area (Å²) in [6.45, 7) is -0.109. The highest BCUT2D eigenvalue weighted by Gasteiger charge is 2.20. The summed E-state index contributed by atoms with van der Waals surface area (Å²) < 4.78 is 34.1. The summed E-state index contributed by atoms with van der Waals surface area (Å²) in [4.78, 5) is 2.26. The highest BCUT2D eigenvalue weighted by molar-refractivity contribution is 5.43. The van der Waals surface area contributed by atoms with Gasteiger partial charge >= 0.3 is 6.61 Å². The Bertz CT molecular complexity index is 457. The number of benzene rings is 1. The van der Waals surface area contributed by atoms with Gasteiger partial charge < -0.3 is 14.6 Å². The van der Waals surface area contributed by atoms with E-state index in [-0.39, 0.29) is 12.4 Å². The van der Waals surface area contributed by atoms with Gasteiger partial charge in [-0.1, -0.05) is 6.07 Å². The Balaban J connectivity index is 2.03. The minimum absolute atomic E-state index is 0.0446. The molecule has 1 aromatic carbocycles. The summed E-state index contributed by atoms with van der Waals surface area (Å²) >= 11 is 0. The number of likely N-dealkylation sites (tertiary alicyclic amines) is 1. The second-order valence-electron chi connectivity index (χ2n) is 5.29. The second kappa shape index (κ2) is 7.56. The topological polar surface area (TPSA) is 41.9 Å². The van der Waals surface area contributed by atoms with Gasteiger partial charge in [0.1, 0.15) is 0 Å². The van der Waals surface area contributed by atoms with Crippen LogP contribution < -0.4 is 9.47 Å². The van der Waals surface area contributed by atoms with Crippen molar-refractivity contribution >= 4 is 0 Å². The standard InChI is InChI=1S/C15H21F2NO3/c1-20-14-7-11(4-5-13(14)21-15(16)17)8-18-6-2-3-12(9-18)10-19/h4-5,7,12,15,19H,2-3,6,8-10H2,1H3. The molecule has 1 aliphatic heterocycles. The lowest BCUT2D eigenvalue weighted by molar-refractivity contribution is -0.0512. The van der Waals surface area contributed by atoms with Crippen LogP contribution in [0.4, 0.5) is 8.78 Å². The molecule has 1 heterocycles. The molecule has 1 aromatic rings. The van der Waals surface area contributed by atoms with Crippen LogP contribution >= 0.6 is 0 Å². The molecule has 0 spiro atoms. The van der Waals surface area contributed by atoms with E-state index in [0.29, 0.717) is 18.2 Å². The molecule has 4 nitrogen and oxygen atoms in total. The van der Waals surface area contributed by atoms with Gasteiger partial charge in [-0.25, -0.2) is 0 Å². The predicted molar refractivity (Wildman–Crippen MR) is 74.7 cm³/mol. The van der Waals surface area contributed by atoms with Crippen LogP contribution in [-0.4, -0.2) is 43.4 Å².